The maximum Gasteiger partial charge on any atom is 0.353 e. The fourth-order valence-electron chi connectivity index (χ4n) is 2.62. The number of aromatic nitrogens is 2. The van der Waals surface area contributed by atoms with Crippen LogP contribution in [0.2, 0.25) is 0 Å². The minimum atomic E-state index is -1.13. The zero-order chi connectivity index (χ0) is 15.9. The Morgan fingerprint density at radius 1 is 1.14 bits per heavy atom. The van der Waals surface area contributed by atoms with Gasteiger partial charge in [0, 0.05) is 30.4 Å². The van der Waals surface area contributed by atoms with Gasteiger partial charge in [0.2, 0.25) is 0 Å². The normalized spacial score (nSPS) is 10.8. The number of rotatable bonds is 2. The molecule has 0 bridgehead atoms. The van der Waals surface area contributed by atoms with Gasteiger partial charge in [-0.05, 0) is 18.6 Å². The number of aryl methyl sites for hydroxylation is 1. The molecule has 2 aromatic heterocycles. The highest BCUT2D eigenvalue weighted by Crippen LogP contribution is 2.30. The molecule has 0 radical (unpaired) electrons. The summed E-state index contributed by atoms with van der Waals surface area (Å²) in [6.45, 7) is 1.96. The van der Waals surface area contributed by atoms with E-state index in [0.717, 1.165) is 11.1 Å². The van der Waals surface area contributed by atoms with Gasteiger partial charge in [0.25, 0.3) is 5.56 Å². The van der Waals surface area contributed by atoms with Gasteiger partial charge in [-0.3, -0.25) is 9.78 Å². The van der Waals surface area contributed by atoms with Gasteiger partial charge in [-0.2, -0.15) is 0 Å². The van der Waals surface area contributed by atoms with E-state index >= 15 is 0 Å². The van der Waals surface area contributed by atoms with E-state index in [-0.39, 0.29) is 11.3 Å². The molecule has 3 rings (SSSR count). The minimum Gasteiger partial charge on any atom is -0.477 e. The van der Waals surface area contributed by atoms with Crippen molar-refractivity contribution in [2.75, 3.05) is 0 Å². The maximum atomic E-state index is 12.4. The van der Waals surface area contributed by atoms with Crippen LogP contribution in [-0.2, 0) is 7.05 Å². The molecule has 0 saturated heterocycles. The Kier molecular flexibility index (Phi) is 3.25. The van der Waals surface area contributed by atoms with Gasteiger partial charge in [0.15, 0.2) is 0 Å². The van der Waals surface area contributed by atoms with E-state index in [1.54, 1.807) is 12.3 Å². The zero-order valence-corrected chi connectivity index (χ0v) is 12.2. The largest absolute Gasteiger partial charge is 0.477 e. The number of carboxylic acid groups (broad SMARTS) is 1. The van der Waals surface area contributed by atoms with Crippen molar-refractivity contribution in [3.05, 3.63) is 64.3 Å². The minimum absolute atomic E-state index is 0.0208. The summed E-state index contributed by atoms with van der Waals surface area (Å²) in [4.78, 5) is 28.0. The lowest BCUT2D eigenvalue weighted by molar-refractivity contribution is 0.0686. The summed E-state index contributed by atoms with van der Waals surface area (Å²) in [5.74, 6) is -1.13. The summed E-state index contributed by atoms with van der Waals surface area (Å²) in [5.41, 5.74) is 1.99. The summed E-state index contributed by atoms with van der Waals surface area (Å²) < 4.78 is 1.17. The summed E-state index contributed by atoms with van der Waals surface area (Å²) in [6.07, 6.45) is 3.03. The standard InChI is InChI=1S/C17H14N2O3/c1-10-3-5-11(6-4-10)14-12-7-8-18-9-13(12)16(20)19(2)15(14)17(21)22/h3-9H,1-2H3,(H,21,22). The van der Waals surface area contributed by atoms with Crippen molar-refractivity contribution in [3.63, 3.8) is 0 Å². The van der Waals surface area contributed by atoms with Gasteiger partial charge in [0.05, 0.1) is 5.39 Å². The SMILES string of the molecule is Cc1ccc(-c2c(C(=O)O)n(C)c(=O)c3cnccc23)cc1. The van der Waals surface area contributed by atoms with E-state index < -0.39 is 5.97 Å². The van der Waals surface area contributed by atoms with E-state index in [0.29, 0.717) is 16.3 Å². The van der Waals surface area contributed by atoms with Crippen molar-refractivity contribution < 1.29 is 9.90 Å². The van der Waals surface area contributed by atoms with Gasteiger partial charge >= 0.3 is 5.97 Å². The van der Waals surface area contributed by atoms with Gasteiger partial charge in [-0.25, -0.2) is 4.79 Å². The van der Waals surface area contributed by atoms with E-state index in [9.17, 15) is 14.7 Å². The molecule has 5 nitrogen and oxygen atoms in total. The van der Waals surface area contributed by atoms with Crippen molar-refractivity contribution in [1.29, 1.82) is 0 Å². The number of carboxylic acids is 1. The molecule has 0 amide bonds. The van der Waals surface area contributed by atoms with Crippen LogP contribution < -0.4 is 5.56 Å². The molecule has 1 N–H and O–H groups in total. The van der Waals surface area contributed by atoms with E-state index in [1.807, 2.05) is 31.2 Å². The third kappa shape index (κ3) is 2.07. The quantitative estimate of drug-likeness (QED) is 0.788. The average Bonchev–Trinajstić information content (AvgIpc) is 2.51. The Morgan fingerprint density at radius 2 is 1.82 bits per heavy atom. The number of aromatic carboxylic acids is 1. The van der Waals surface area contributed by atoms with Gasteiger partial charge in [-0.1, -0.05) is 29.8 Å². The van der Waals surface area contributed by atoms with Crippen molar-refractivity contribution in [2.24, 2.45) is 7.05 Å². The number of hydrogen-bond acceptors (Lipinski definition) is 3. The first kappa shape index (κ1) is 14.0. The Morgan fingerprint density at radius 3 is 2.45 bits per heavy atom. The fourth-order valence-corrected chi connectivity index (χ4v) is 2.62. The number of pyridine rings is 2. The lowest BCUT2D eigenvalue weighted by Gasteiger charge is -2.14. The molecule has 5 heteroatoms. The van der Waals surface area contributed by atoms with Crippen molar-refractivity contribution >= 4 is 16.7 Å². The molecule has 22 heavy (non-hydrogen) atoms. The molecule has 1 aromatic carbocycles. The summed E-state index contributed by atoms with van der Waals surface area (Å²) in [7, 11) is 1.47. The Bertz CT molecular complexity index is 941. The highest BCUT2D eigenvalue weighted by atomic mass is 16.4. The number of hydrogen-bond donors (Lipinski definition) is 1. The maximum absolute atomic E-state index is 12.4. The molecule has 0 spiro atoms. The van der Waals surface area contributed by atoms with Crippen molar-refractivity contribution in [3.8, 4) is 11.1 Å². The number of carbonyl (C=O) groups is 1. The highest BCUT2D eigenvalue weighted by molar-refractivity contribution is 6.05. The molecule has 2 heterocycles. The van der Waals surface area contributed by atoms with Crippen molar-refractivity contribution in [1.82, 2.24) is 9.55 Å². The monoisotopic (exact) mass is 294 g/mol. The number of nitrogens with zero attached hydrogens (tertiary/aromatic N) is 2. The summed E-state index contributed by atoms with van der Waals surface area (Å²) in [5, 5.41) is 10.6. The molecule has 3 aromatic rings. The topological polar surface area (TPSA) is 72.2 Å². The van der Waals surface area contributed by atoms with Crippen LogP contribution in [0.5, 0.6) is 0 Å². The molecule has 0 atom stereocenters. The number of fused-ring (bicyclic) bond motifs is 1. The molecular weight excluding hydrogens is 280 g/mol. The third-order valence-corrected chi connectivity index (χ3v) is 3.74. The van der Waals surface area contributed by atoms with Crippen LogP contribution in [0.15, 0.2) is 47.5 Å². The predicted octanol–water partition coefficient (Wildman–Crippen LogP) is 2.61. The predicted molar refractivity (Wildman–Crippen MR) is 84.1 cm³/mol. The zero-order valence-electron chi connectivity index (χ0n) is 12.2. The Hall–Kier alpha value is -2.95. The molecule has 0 saturated carbocycles. The van der Waals surface area contributed by atoms with Gasteiger partial charge < -0.3 is 9.67 Å². The Labute approximate surface area is 126 Å². The van der Waals surface area contributed by atoms with Crippen LogP contribution in [0, 0.1) is 6.92 Å². The van der Waals surface area contributed by atoms with E-state index in [1.165, 1.54) is 17.8 Å². The molecular formula is C17H14N2O3. The van der Waals surface area contributed by atoms with Crippen LogP contribution in [0.3, 0.4) is 0 Å². The number of benzene rings is 1. The highest BCUT2D eigenvalue weighted by Gasteiger charge is 2.21. The Balaban J connectivity index is 2.53. The van der Waals surface area contributed by atoms with E-state index in [2.05, 4.69) is 4.98 Å². The van der Waals surface area contributed by atoms with Crippen LogP contribution >= 0.6 is 0 Å². The molecule has 0 aliphatic heterocycles. The second-order valence-corrected chi connectivity index (χ2v) is 5.18. The van der Waals surface area contributed by atoms with Crippen LogP contribution in [0.25, 0.3) is 21.9 Å². The molecule has 0 unspecified atom stereocenters. The lowest BCUT2D eigenvalue weighted by Crippen LogP contribution is -2.24. The molecule has 110 valence electrons. The summed E-state index contributed by atoms with van der Waals surface area (Å²) >= 11 is 0. The smallest absolute Gasteiger partial charge is 0.353 e. The van der Waals surface area contributed by atoms with Crippen LogP contribution in [0.1, 0.15) is 16.1 Å². The first-order chi connectivity index (χ1) is 10.5. The molecule has 0 aliphatic carbocycles. The molecule has 0 aliphatic rings. The van der Waals surface area contributed by atoms with Crippen LogP contribution in [-0.4, -0.2) is 20.6 Å². The lowest BCUT2D eigenvalue weighted by atomic mass is 9.97. The van der Waals surface area contributed by atoms with Crippen LogP contribution in [0.4, 0.5) is 0 Å². The summed E-state index contributed by atoms with van der Waals surface area (Å²) in [6, 6.07) is 9.24. The molecule has 0 fully saturated rings. The second-order valence-electron chi connectivity index (χ2n) is 5.18. The first-order valence-electron chi connectivity index (χ1n) is 6.77. The third-order valence-electron chi connectivity index (χ3n) is 3.74. The first-order valence-corrected chi connectivity index (χ1v) is 6.77. The van der Waals surface area contributed by atoms with Gasteiger partial charge in [0.1, 0.15) is 5.69 Å². The van der Waals surface area contributed by atoms with Crippen molar-refractivity contribution in [2.45, 2.75) is 6.92 Å². The van der Waals surface area contributed by atoms with Gasteiger partial charge in [-0.15, -0.1) is 0 Å². The average molecular weight is 294 g/mol. The second kappa shape index (κ2) is 5.11. The van der Waals surface area contributed by atoms with E-state index in [4.69, 9.17) is 0 Å². The fraction of sp³-hybridized carbons (Fsp3) is 0.118.